The van der Waals surface area contributed by atoms with Crippen LogP contribution in [0, 0.1) is 0 Å². The van der Waals surface area contributed by atoms with Crippen LogP contribution in [0.5, 0.6) is 11.6 Å². The summed E-state index contributed by atoms with van der Waals surface area (Å²) < 4.78 is 10.4. The summed E-state index contributed by atoms with van der Waals surface area (Å²) in [7, 11) is 5.30. The van der Waals surface area contributed by atoms with Crippen LogP contribution in [0.4, 0.5) is 5.82 Å². The van der Waals surface area contributed by atoms with Gasteiger partial charge in [0, 0.05) is 36.8 Å². The first kappa shape index (κ1) is 17.8. The number of hydrogen-bond acceptors (Lipinski definition) is 6. The maximum atomic E-state index is 11.3. The second-order valence-corrected chi connectivity index (χ2v) is 6.10. The van der Waals surface area contributed by atoms with Crippen molar-refractivity contribution < 1.29 is 19.1 Å². The van der Waals surface area contributed by atoms with Crippen molar-refractivity contribution in [3.63, 3.8) is 0 Å². The van der Waals surface area contributed by atoms with Gasteiger partial charge in [0.1, 0.15) is 5.82 Å². The van der Waals surface area contributed by atoms with E-state index in [9.17, 15) is 9.59 Å². The zero-order valence-electron chi connectivity index (χ0n) is 14.4. The molecular formula is C18H16ClN3O4. The molecule has 3 aromatic rings. The summed E-state index contributed by atoms with van der Waals surface area (Å²) in [5.41, 5.74) is 2.03. The van der Waals surface area contributed by atoms with E-state index in [2.05, 4.69) is 9.97 Å². The minimum absolute atomic E-state index is 0.114. The molecule has 0 bridgehead atoms. The molecule has 26 heavy (non-hydrogen) atoms. The van der Waals surface area contributed by atoms with Gasteiger partial charge in [-0.05, 0) is 24.3 Å². The van der Waals surface area contributed by atoms with E-state index in [1.165, 1.54) is 13.3 Å². The molecule has 1 aromatic carbocycles. The van der Waals surface area contributed by atoms with Gasteiger partial charge in [0.2, 0.25) is 12.2 Å². The molecule has 0 fully saturated rings. The Labute approximate surface area is 154 Å². The summed E-state index contributed by atoms with van der Waals surface area (Å²) in [5, 5.41) is 1.09. The molecule has 7 nitrogen and oxygen atoms in total. The maximum absolute atomic E-state index is 11.3. The highest BCUT2D eigenvalue weighted by Gasteiger charge is 2.17. The summed E-state index contributed by atoms with van der Waals surface area (Å²) in [6, 6.07) is 7.18. The summed E-state index contributed by atoms with van der Waals surface area (Å²) >= 11 is 6.43. The minimum atomic E-state index is -0.975. The molecule has 0 saturated heterocycles. The average Bonchev–Trinajstić information content (AvgIpc) is 3.01. The van der Waals surface area contributed by atoms with E-state index in [0.717, 1.165) is 5.82 Å². The number of ether oxygens (including phenoxy) is 2. The van der Waals surface area contributed by atoms with Crippen LogP contribution in [0.2, 0.25) is 5.02 Å². The number of aromatic nitrogens is 2. The number of benzene rings is 1. The molecule has 3 rings (SSSR count). The number of nitrogens with zero attached hydrogens (tertiary/aromatic N) is 2. The minimum Gasteiger partial charge on any atom is -0.480 e. The molecule has 0 amide bonds. The first-order chi connectivity index (χ1) is 12.4. The zero-order valence-corrected chi connectivity index (χ0v) is 15.1. The lowest BCUT2D eigenvalue weighted by molar-refractivity contribution is -0.141. The van der Waals surface area contributed by atoms with Crippen LogP contribution >= 0.6 is 11.6 Å². The molecule has 0 atom stereocenters. The number of H-pyrrole nitrogens is 1. The van der Waals surface area contributed by atoms with Crippen LogP contribution in [0.15, 0.2) is 30.5 Å². The van der Waals surface area contributed by atoms with Crippen molar-refractivity contribution >= 4 is 40.6 Å². The number of carbonyl (C=O) groups excluding carboxylic acids is 2. The van der Waals surface area contributed by atoms with Gasteiger partial charge in [0.05, 0.1) is 17.6 Å². The number of aldehydes is 1. The third-order valence-corrected chi connectivity index (χ3v) is 4.14. The van der Waals surface area contributed by atoms with E-state index in [-0.39, 0.29) is 12.0 Å². The smallest absolute Gasteiger partial charge is 0.376 e. The van der Waals surface area contributed by atoms with Gasteiger partial charge in [-0.2, -0.15) is 4.98 Å². The van der Waals surface area contributed by atoms with Crippen LogP contribution in [0.3, 0.4) is 0 Å². The van der Waals surface area contributed by atoms with Gasteiger partial charge < -0.3 is 19.4 Å². The van der Waals surface area contributed by atoms with Crippen molar-refractivity contribution in [2.45, 2.75) is 0 Å². The standard InChI is InChI=1S/C18H16ClN3O4/c1-22(2)16-5-4-10(18(21-16)25-3)11-6-12-14(7-13(11)19)20-8-15(12)26-17(24)9-23/h4-9,20H,1-3H3. The Morgan fingerprint density at radius 2 is 2.04 bits per heavy atom. The van der Waals surface area contributed by atoms with E-state index in [4.69, 9.17) is 21.1 Å². The first-order valence-corrected chi connectivity index (χ1v) is 8.02. The van der Waals surface area contributed by atoms with Gasteiger partial charge in [-0.3, -0.25) is 4.79 Å². The van der Waals surface area contributed by atoms with Gasteiger partial charge in [0.25, 0.3) is 0 Å². The number of pyridine rings is 1. The second-order valence-electron chi connectivity index (χ2n) is 5.69. The monoisotopic (exact) mass is 373 g/mol. The first-order valence-electron chi connectivity index (χ1n) is 7.65. The summed E-state index contributed by atoms with van der Waals surface area (Å²) in [5.74, 6) is 0.424. The van der Waals surface area contributed by atoms with Gasteiger partial charge in [0.15, 0.2) is 5.75 Å². The van der Waals surface area contributed by atoms with Gasteiger partial charge >= 0.3 is 5.97 Å². The van der Waals surface area contributed by atoms with E-state index < -0.39 is 5.97 Å². The third kappa shape index (κ3) is 3.21. The molecule has 0 spiro atoms. The highest BCUT2D eigenvalue weighted by atomic mass is 35.5. The fourth-order valence-electron chi connectivity index (χ4n) is 2.58. The molecule has 2 heterocycles. The van der Waals surface area contributed by atoms with Crippen LogP contribution in [-0.2, 0) is 9.59 Å². The Bertz CT molecular complexity index is 998. The normalized spacial score (nSPS) is 10.6. The van der Waals surface area contributed by atoms with Crippen molar-refractivity contribution in [1.29, 1.82) is 0 Å². The maximum Gasteiger partial charge on any atom is 0.376 e. The topological polar surface area (TPSA) is 84.5 Å². The van der Waals surface area contributed by atoms with E-state index >= 15 is 0 Å². The number of esters is 1. The molecule has 8 heteroatoms. The van der Waals surface area contributed by atoms with Crippen LogP contribution < -0.4 is 14.4 Å². The van der Waals surface area contributed by atoms with E-state index in [0.29, 0.717) is 32.9 Å². The number of hydrogen-bond donors (Lipinski definition) is 1. The number of nitrogens with one attached hydrogen (secondary N) is 1. The summed E-state index contributed by atoms with van der Waals surface area (Å²) in [6.07, 6.45) is 1.61. The quantitative estimate of drug-likeness (QED) is 0.420. The number of fused-ring (bicyclic) bond motifs is 1. The van der Waals surface area contributed by atoms with Crippen LogP contribution in [0.1, 0.15) is 0 Å². The molecule has 0 aliphatic carbocycles. The van der Waals surface area contributed by atoms with E-state index in [1.807, 2.05) is 31.1 Å². The molecule has 0 saturated carbocycles. The lowest BCUT2D eigenvalue weighted by atomic mass is 10.0. The van der Waals surface area contributed by atoms with Crippen molar-refractivity contribution in [2.24, 2.45) is 0 Å². The SMILES string of the molecule is COc1nc(N(C)C)ccc1-c1cc2c(OC(=O)C=O)c[nH]c2cc1Cl. The largest absolute Gasteiger partial charge is 0.480 e. The molecule has 0 aliphatic rings. The number of aromatic amines is 1. The summed E-state index contributed by atoms with van der Waals surface area (Å²) in [6.45, 7) is 0. The molecule has 1 N–H and O–H groups in total. The third-order valence-electron chi connectivity index (χ3n) is 3.83. The van der Waals surface area contributed by atoms with Gasteiger partial charge in [-0.1, -0.05) is 11.6 Å². The lowest BCUT2D eigenvalue weighted by Gasteiger charge is -2.15. The highest BCUT2D eigenvalue weighted by Crippen LogP contribution is 2.39. The Hall–Kier alpha value is -3.06. The number of halogens is 1. The molecule has 0 radical (unpaired) electrons. The lowest BCUT2D eigenvalue weighted by Crippen LogP contribution is -2.11. The predicted octanol–water partition coefficient (Wildman–Crippen LogP) is 3.06. The Balaban J connectivity index is 2.15. The average molecular weight is 374 g/mol. The molecule has 0 unspecified atom stereocenters. The second kappa shape index (κ2) is 7.05. The number of methoxy groups -OCH3 is 1. The van der Waals surface area contributed by atoms with Crippen molar-refractivity contribution in [2.75, 3.05) is 26.1 Å². The van der Waals surface area contributed by atoms with Gasteiger partial charge in [-0.25, -0.2) is 4.79 Å². The molecule has 134 valence electrons. The Morgan fingerprint density at radius 1 is 1.27 bits per heavy atom. The fraction of sp³-hybridized carbons (Fsp3) is 0.167. The fourth-order valence-corrected chi connectivity index (χ4v) is 2.85. The number of rotatable bonds is 5. The van der Waals surface area contributed by atoms with Crippen molar-refractivity contribution in [1.82, 2.24) is 9.97 Å². The number of anilines is 1. The predicted molar refractivity (Wildman–Crippen MR) is 99.1 cm³/mol. The Morgan fingerprint density at radius 3 is 2.69 bits per heavy atom. The van der Waals surface area contributed by atoms with Crippen LogP contribution in [-0.4, -0.2) is 43.4 Å². The van der Waals surface area contributed by atoms with Crippen LogP contribution in [0.25, 0.3) is 22.0 Å². The van der Waals surface area contributed by atoms with Crippen molar-refractivity contribution in [3.8, 4) is 22.8 Å². The molecular weight excluding hydrogens is 358 g/mol. The van der Waals surface area contributed by atoms with Gasteiger partial charge in [-0.15, -0.1) is 0 Å². The molecule has 0 aliphatic heterocycles. The summed E-state index contributed by atoms with van der Waals surface area (Å²) in [4.78, 5) is 31.1. The zero-order chi connectivity index (χ0) is 18.8. The molecule has 2 aromatic heterocycles. The highest BCUT2D eigenvalue weighted by molar-refractivity contribution is 6.34. The van der Waals surface area contributed by atoms with Crippen molar-refractivity contribution in [3.05, 3.63) is 35.5 Å². The Kier molecular flexibility index (Phi) is 4.81. The number of carbonyl (C=O) groups is 2. The van der Waals surface area contributed by atoms with E-state index in [1.54, 1.807) is 12.1 Å².